The molecule has 3 nitrogen and oxygen atoms in total. The van der Waals surface area contributed by atoms with E-state index in [2.05, 4.69) is 13.8 Å². The molecule has 0 aromatic heterocycles. The van der Waals surface area contributed by atoms with Crippen LogP contribution in [-0.2, 0) is 9.53 Å². The molecule has 0 bridgehead atoms. The molecule has 1 aliphatic carbocycles. The van der Waals surface area contributed by atoms with E-state index in [1.165, 1.54) is 39.2 Å². The first-order valence-corrected chi connectivity index (χ1v) is 7.80. The van der Waals surface area contributed by atoms with Gasteiger partial charge in [-0.15, -0.1) is 0 Å². The van der Waals surface area contributed by atoms with Gasteiger partial charge in [0.25, 0.3) is 0 Å². The molecule has 0 spiro atoms. The van der Waals surface area contributed by atoms with Gasteiger partial charge in [0, 0.05) is 0 Å². The van der Waals surface area contributed by atoms with Gasteiger partial charge < -0.3 is 9.84 Å². The summed E-state index contributed by atoms with van der Waals surface area (Å²) in [5.41, 5.74) is 0. The molecule has 0 aliphatic heterocycles. The maximum atomic E-state index is 11.9. The molecule has 0 aromatic carbocycles. The van der Waals surface area contributed by atoms with Gasteiger partial charge in [0.2, 0.25) is 0 Å². The zero-order valence-electron chi connectivity index (χ0n) is 12.7. The summed E-state index contributed by atoms with van der Waals surface area (Å²) in [4.78, 5) is 11.9. The number of hydrogen-bond donors (Lipinski definition) is 1. The maximum absolute atomic E-state index is 11.9. The van der Waals surface area contributed by atoms with Crippen molar-refractivity contribution in [2.24, 2.45) is 17.8 Å². The van der Waals surface area contributed by atoms with Crippen LogP contribution in [0.2, 0.25) is 0 Å². The Labute approximate surface area is 117 Å². The number of ether oxygens (including phenoxy) is 1. The fourth-order valence-corrected chi connectivity index (χ4v) is 3.05. The molecule has 1 aliphatic rings. The number of rotatable bonds is 7. The van der Waals surface area contributed by atoms with E-state index in [-0.39, 0.29) is 11.9 Å². The highest BCUT2D eigenvalue weighted by Gasteiger charge is 2.30. The predicted molar refractivity (Wildman–Crippen MR) is 76.8 cm³/mol. The average Bonchev–Trinajstić information content (AvgIpc) is 2.42. The Balaban J connectivity index is 2.52. The maximum Gasteiger partial charge on any atom is 0.311 e. The van der Waals surface area contributed by atoms with Gasteiger partial charge in [-0.25, -0.2) is 0 Å². The molecule has 1 fully saturated rings. The van der Waals surface area contributed by atoms with Crippen molar-refractivity contribution in [3.8, 4) is 0 Å². The summed E-state index contributed by atoms with van der Waals surface area (Å²) in [5.74, 6) is 0.586. The minimum Gasteiger partial charge on any atom is -0.469 e. The van der Waals surface area contributed by atoms with Gasteiger partial charge in [0.15, 0.2) is 0 Å². The second-order valence-electron chi connectivity index (χ2n) is 6.41. The first-order valence-electron chi connectivity index (χ1n) is 7.80. The molecule has 0 unspecified atom stereocenters. The molecule has 3 heteroatoms. The van der Waals surface area contributed by atoms with Crippen LogP contribution < -0.4 is 0 Å². The van der Waals surface area contributed by atoms with E-state index in [9.17, 15) is 9.90 Å². The van der Waals surface area contributed by atoms with Gasteiger partial charge in [-0.1, -0.05) is 46.0 Å². The predicted octanol–water partition coefficient (Wildman–Crippen LogP) is 3.54. The summed E-state index contributed by atoms with van der Waals surface area (Å²) >= 11 is 0. The highest BCUT2D eigenvalue weighted by Crippen LogP contribution is 2.31. The highest BCUT2D eigenvalue weighted by molar-refractivity contribution is 5.72. The zero-order chi connectivity index (χ0) is 14.3. The number of esters is 1. The molecule has 0 amide bonds. The molecule has 1 rings (SSSR count). The Morgan fingerprint density at radius 1 is 1.21 bits per heavy atom. The van der Waals surface area contributed by atoms with Crippen LogP contribution in [0.3, 0.4) is 0 Å². The molecule has 1 N–H and O–H groups in total. The first kappa shape index (κ1) is 16.5. The molecule has 0 radical (unpaired) electrons. The van der Waals surface area contributed by atoms with Crippen LogP contribution in [0, 0.1) is 17.8 Å². The summed E-state index contributed by atoms with van der Waals surface area (Å²) in [6.45, 7) is 4.28. The molecule has 0 heterocycles. The molecule has 2 atom stereocenters. The molecule has 1 saturated carbocycles. The third-order valence-corrected chi connectivity index (χ3v) is 4.32. The van der Waals surface area contributed by atoms with Crippen LogP contribution in [0.15, 0.2) is 0 Å². The Hall–Kier alpha value is -0.570. The topological polar surface area (TPSA) is 46.5 Å². The summed E-state index contributed by atoms with van der Waals surface area (Å²) in [5, 5.41) is 10.3. The molecule has 112 valence electrons. The van der Waals surface area contributed by atoms with Crippen LogP contribution in [0.1, 0.15) is 65.2 Å². The van der Waals surface area contributed by atoms with Crippen molar-refractivity contribution >= 4 is 5.97 Å². The minimum absolute atomic E-state index is 0.234. The van der Waals surface area contributed by atoms with E-state index >= 15 is 0 Å². The molecule has 0 aromatic rings. The van der Waals surface area contributed by atoms with E-state index in [0.717, 1.165) is 12.8 Å². The van der Waals surface area contributed by atoms with Gasteiger partial charge in [0.05, 0.1) is 19.1 Å². The second-order valence-corrected chi connectivity index (χ2v) is 6.41. The van der Waals surface area contributed by atoms with E-state index in [1.54, 1.807) is 0 Å². The van der Waals surface area contributed by atoms with Crippen molar-refractivity contribution in [3.05, 3.63) is 0 Å². The van der Waals surface area contributed by atoms with Crippen molar-refractivity contribution in [1.82, 2.24) is 0 Å². The number of carbonyl (C=O) groups is 1. The quantitative estimate of drug-likeness (QED) is 0.720. The van der Waals surface area contributed by atoms with Gasteiger partial charge >= 0.3 is 5.97 Å². The Morgan fingerprint density at radius 3 is 2.37 bits per heavy atom. The summed E-state index contributed by atoms with van der Waals surface area (Å²) in [7, 11) is 1.42. The van der Waals surface area contributed by atoms with E-state index < -0.39 is 6.10 Å². The average molecular weight is 270 g/mol. The van der Waals surface area contributed by atoms with Gasteiger partial charge in [-0.2, -0.15) is 0 Å². The van der Waals surface area contributed by atoms with E-state index in [0.29, 0.717) is 18.3 Å². The van der Waals surface area contributed by atoms with Gasteiger partial charge in [0.1, 0.15) is 0 Å². The SMILES string of the molecule is COC(=O)[C@@H](CC1CCCCC1)[C@@H](O)CCC(C)C. The lowest BCUT2D eigenvalue weighted by Crippen LogP contribution is -2.32. The second kappa shape index (κ2) is 8.57. The number of hydrogen-bond acceptors (Lipinski definition) is 3. The smallest absolute Gasteiger partial charge is 0.311 e. The van der Waals surface area contributed by atoms with Crippen LogP contribution in [0.5, 0.6) is 0 Å². The third kappa shape index (κ3) is 5.94. The standard InChI is InChI=1S/C16H30O3/c1-12(2)9-10-15(17)14(16(18)19-3)11-13-7-5-4-6-8-13/h12-15,17H,4-11H2,1-3H3/t14-,15-/m0/s1. The summed E-state index contributed by atoms with van der Waals surface area (Å²) < 4.78 is 4.88. The summed E-state index contributed by atoms with van der Waals surface area (Å²) in [6, 6.07) is 0. The first-order chi connectivity index (χ1) is 9.04. The van der Waals surface area contributed by atoms with Crippen molar-refractivity contribution in [2.45, 2.75) is 71.3 Å². The van der Waals surface area contributed by atoms with Crippen molar-refractivity contribution in [1.29, 1.82) is 0 Å². The molecular weight excluding hydrogens is 240 g/mol. The lowest BCUT2D eigenvalue weighted by atomic mass is 9.80. The van der Waals surface area contributed by atoms with Crippen LogP contribution in [0.25, 0.3) is 0 Å². The largest absolute Gasteiger partial charge is 0.469 e. The Kier molecular flexibility index (Phi) is 7.44. The van der Waals surface area contributed by atoms with Gasteiger partial charge in [-0.05, 0) is 31.1 Å². The lowest BCUT2D eigenvalue weighted by molar-refractivity contribution is -0.150. The monoisotopic (exact) mass is 270 g/mol. The van der Waals surface area contributed by atoms with Crippen molar-refractivity contribution in [3.63, 3.8) is 0 Å². The number of carbonyl (C=O) groups excluding carboxylic acids is 1. The Bertz CT molecular complexity index is 257. The number of aliphatic hydroxyl groups is 1. The summed E-state index contributed by atoms with van der Waals surface area (Å²) in [6.07, 6.45) is 8.15. The minimum atomic E-state index is -0.545. The fraction of sp³-hybridized carbons (Fsp3) is 0.938. The van der Waals surface area contributed by atoms with E-state index in [4.69, 9.17) is 4.74 Å². The van der Waals surface area contributed by atoms with Gasteiger partial charge in [-0.3, -0.25) is 4.79 Å². The molecule has 19 heavy (non-hydrogen) atoms. The fourth-order valence-electron chi connectivity index (χ4n) is 3.05. The number of methoxy groups -OCH3 is 1. The normalized spacial score (nSPS) is 20.3. The third-order valence-electron chi connectivity index (χ3n) is 4.32. The van der Waals surface area contributed by atoms with Crippen LogP contribution >= 0.6 is 0 Å². The zero-order valence-corrected chi connectivity index (χ0v) is 12.7. The highest BCUT2D eigenvalue weighted by atomic mass is 16.5. The van der Waals surface area contributed by atoms with Crippen molar-refractivity contribution < 1.29 is 14.6 Å². The Morgan fingerprint density at radius 2 is 1.84 bits per heavy atom. The van der Waals surface area contributed by atoms with Crippen LogP contribution in [0.4, 0.5) is 0 Å². The van der Waals surface area contributed by atoms with Crippen LogP contribution in [-0.4, -0.2) is 24.3 Å². The van der Waals surface area contributed by atoms with E-state index in [1.807, 2.05) is 0 Å². The lowest BCUT2D eigenvalue weighted by Gasteiger charge is -2.28. The van der Waals surface area contributed by atoms with Crippen molar-refractivity contribution in [2.75, 3.05) is 7.11 Å². The molecular formula is C16H30O3. The molecule has 0 saturated heterocycles. The number of aliphatic hydroxyl groups excluding tert-OH is 1.